The van der Waals surface area contributed by atoms with E-state index >= 15 is 0 Å². The quantitative estimate of drug-likeness (QED) is 0.705. The van der Waals surface area contributed by atoms with E-state index in [1.165, 1.54) is 0 Å². The first-order valence-electron chi connectivity index (χ1n) is 4.60. The predicted octanol–water partition coefficient (Wildman–Crippen LogP) is -0.0945. The topological polar surface area (TPSA) is 77.2 Å². The van der Waals surface area contributed by atoms with Gasteiger partial charge in [-0.3, -0.25) is 4.21 Å². The van der Waals surface area contributed by atoms with E-state index in [1.807, 2.05) is 0 Å². The molecule has 0 aliphatic heterocycles. The Hall–Kier alpha value is 0.0600. The van der Waals surface area contributed by atoms with Crippen molar-refractivity contribution in [3.8, 4) is 0 Å². The summed E-state index contributed by atoms with van der Waals surface area (Å²) < 4.78 is 34.2. The molecule has 0 amide bonds. The Bertz CT molecular complexity index is 285. The Morgan fingerprint density at radius 3 is 2.14 bits per heavy atom. The largest absolute Gasteiger partial charge is 0.329 e. The van der Waals surface area contributed by atoms with Crippen molar-refractivity contribution in [2.75, 3.05) is 18.1 Å². The van der Waals surface area contributed by atoms with Gasteiger partial charge in [-0.15, -0.1) is 0 Å². The van der Waals surface area contributed by atoms with E-state index in [0.717, 1.165) is 0 Å². The fraction of sp³-hybridized carbons (Fsp3) is 1.00. The van der Waals surface area contributed by atoms with Crippen molar-refractivity contribution in [1.82, 2.24) is 0 Å². The van der Waals surface area contributed by atoms with Gasteiger partial charge >= 0.3 is 0 Å². The van der Waals surface area contributed by atoms with Gasteiger partial charge in [0.15, 0.2) is 9.84 Å². The van der Waals surface area contributed by atoms with Crippen LogP contribution in [0.25, 0.3) is 0 Å². The summed E-state index contributed by atoms with van der Waals surface area (Å²) >= 11 is 0. The SMILES string of the molecule is CC(CN)S(=O)CCS(=O)(=O)C(C)C. The summed E-state index contributed by atoms with van der Waals surface area (Å²) in [5.74, 6) is 0.181. The molecular formula is C8H19NO3S2. The van der Waals surface area contributed by atoms with Gasteiger partial charge in [0.25, 0.3) is 0 Å². The third kappa shape index (κ3) is 4.52. The standard InChI is InChI=1S/C8H19NO3S2/c1-7(2)14(11,12)5-4-13(10)8(3)6-9/h7-8H,4-6,9H2,1-3H3. The van der Waals surface area contributed by atoms with Gasteiger partial charge in [0.05, 0.1) is 11.0 Å². The molecule has 0 aliphatic rings. The highest BCUT2D eigenvalue weighted by Gasteiger charge is 2.18. The van der Waals surface area contributed by atoms with Crippen molar-refractivity contribution in [2.45, 2.75) is 31.3 Å². The van der Waals surface area contributed by atoms with Crippen LogP contribution in [0.4, 0.5) is 0 Å². The molecule has 0 aliphatic carbocycles. The summed E-state index contributed by atoms with van der Waals surface area (Å²) in [5.41, 5.74) is 5.33. The summed E-state index contributed by atoms with van der Waals surface area (Å²) in [4.78, 5) is 0. The lowest BCUT2D eigenvalue weighted by molar-refractivity contribution is 0.588. The van der Waals surface area contributed by atoms with Crippen LogP contribution in [0.5, 0.6) is 0 Å². The summed E-state index contributed by atoms with van der Waals surface area (Å²) in [6.45, 7) is 5.35. The molecule has 0 aromatic heterocycles. The van der Waals surface area contributed by atoms with Crippen molar-refractivity contribution in [3.05, 3.63) is 0 Å². The summed E-state index contributed by atoms with van der Waals surface area (Å²) in [7, 11) is -4.20. The molecule has 0 fully saturated rings. The molecule has 0 radical (unpaired) electrons. The molecule has 14 heavy (non-hydrogen) atoms. The predicted molar refractivity (Wildman–Crippen MR) is 60.4 cm³/mol. The lowest BCUT2D eigenvalue weighted by Crippen LogP contribution is -2.28. The van der Waals surface area contributed by atoms with Gasteiger partial charge < -0.3 is 5.73 Å². The highest BCUT2D eigenvalue weighted by atomic mass is 32.2. The number of sulfone groups is 1. The maximum atomic E-state index is 11.4. The average molecular weight is 241 g/mol. The number of nitrogens with two attached hydrogens (primary N) is 1. The minimum atomic E-state index is -3.07. The van der Waals surface area contributed by atoms with Gasteiger partial charge in [0, 0.05) is 28.3 Å². The van der Waals surface area contributed by atoms with E-state index < -0.39 is 25.9 Å². The Balaban J connectivity index is 4.14. The van der Waals surface area contributed by atoms with Gasteiger partial charge in [-0.2, -0.15) is 0 Å². The third-order valence-electron chi connectivity index (χ3n) is 2.07. The molecule has 6 heteroatoms. The Labute approximate surface area is 88.6 Å². The van der Waals surface area contributed by atoms with Gasteiger partial charge in [-0.25, -0.2) is 8.42 Å². The van der Waals surface area contributed by atoms with E-state index in [9.17, 15) is 12.6 Å². The molecule has 2 N–H and O–H groups in total. The molecule has 2 unspecified atom stereocenters. The fourth-order valence-corrected chi connectivity index (χ4v) is 3.42. The minimum Gasteiger partial charge on any atom is -0.329 e. The highest BCUT2D eigenvalue weighted by molar-refractivity contribution is 7.93. The van der Waals surface area contributed by atoms with Gasteiger partial charge in [-0.1, -0.05) is 0 Å². The molecule has 0 aromatic rings. The first-order chi connectivity index (χ1) is 6.31. The molecule has 4 nitrogen and oxygen atoms in total. The van der Waals surface area contributed by atoms with E-state index in [0.29, 0.717) is 6.54 Å². The number of hydrogen-bond acceptors (Lipinski definition) is 4. The Morgan fingerprint density at radius 2 is 1.79 bits per heavy atom. The van der Waals surface area contributed by atoms with Crippen LogP contribution in [0, 0.1) is 0 Å². The van der Waals surface area contributed by atoms with Crippen LogP contribution >= 0.6 is 0 Å². The zero-order valence-electron chi connectivity index (χ0n) is 8.89. The van der Waals surface area contributed by atoms with E-state index in [-0.39, 0.29) is 16.8 Å². The monoisotopic (exact) mass is 241 g/mol. The fourth-order valence-electron chi connectivity index (χ4n) is 0.742. The van der Waals surface area contributed by atoms with Crippen molar-refractivity contribution in [3.63, 3.8) is 0 Å². The molecule has 0 rings (SSSR count). The molecule has 0 aromatic carbocycles. The Kier molecular flexibility index (Phi) is 5.85. The minimum absolute atomic E-state index is 0.0123. The first-order valence-corrected chi connectivity index (χ1v) is 7.69. The molecule has 0 heterocycles. The van der Waals surface area contributed by atoms with Crippen molar-refractivity contribution < 1.29 is 12.6 Å². The summed E-state index contributed by atoms with van der Waals surface area (Å²) in [6.07, 6.45) is 0. The second kappa shape index (κ2) is 5.82. The smallest absolute Gasteiger partial charge is 0.153 e. The Morgan fingerprint density at radius 1 is 1.29 bits per heavy atom. The average Bonchev–Trinajstić information content (AvgIpc) is 2.12. The van der Waals surface area contributed by atoms with Crippen LogP contribution in [0.15, 0.2) is 0 Å². The van der Waals surface area contributed by atoms with Crippen LogP contribution in [-0.4, -0.2) is 41.2 Å². The molecule has 0 saturated heterocycles. The van der Waals surface area contributed by atoms with Crippen LogP contribution < -0.4 is 5.73 Å². The van der Waals surface area contributed by atoms with Crippen molar-refractivity contribution in [1.29, 1.82) is 0 Å². The van der Waals surface area contributed by atoms with E-state index in [1.54, 1.807) is 20.8 Å². The lowest BCUT2D eigenvalue weighted by Gasteiger charge is -2.10. The van der Waals surface area contributed by atoms with Gasteiger partial charge in [0.1, 0.15) is 0 Å². The van der Waals surface area contributed by atoms with Crippen LogP contribution in [-0.2, 0) is 20.6 Å². The molecule has 0 saturated carbocycles. The highest BCUT2D eigenvalue weighted by Crippen LogP contribution is 2.03. The molecule has 0 bridgehead atoms. The van der Waals surface area contributed by atoms with Gasteiger partial charge in [-0.05, 0) is 20.8 Å². The number of hydrogen-bond donors (Lipinski definition) is 1. The van der Waals surface area contributed by atoms with Crippen LogP contribution in [0.1, 0.15) is 20.8 Å². The molecular weight excluding hydrogens is 222 g/mol. The third-order valence-corrected chi connectivity index (χ3v) is 6.23. The van der Waals surface area contributed by atoms with E-state index in [4.69, 9.17) is 5.73 Å². The van der Waals surface area contributed by atoms with Crippen LogP contribution in [0.2, 0.25) is 0 Å². The summed E-state index contributed by atoms with van der Waals surface area (Å²) in [5, 5.41) is -0.523. The maximum Gasteiger partial charge on any atom is 0.153 e. The molecule has 0 spiro atoms. The zero-order chi connectivity index (χ0) is 11.4. The lowest BCUT2D eigenvalue weighted by atomic mass is 10.5. The zero-order valence-corrected chi connectivity index (χ0v) is 10.5. The van der Waals surface area contributed by atoms with Gasteiger partial charge in [0.2, 0.25) is 0 Å². The summed E-state index contributed by atoms with van der Waals surface area (Å²) in [6, 6.07) is 0. The normalized spacial score (nSPS) is 16.9. The molecule has 86 valence electrons. The number of rotatable bonds is 6. The van der Waals surface area contributed by atoms with Crippen LogP contribution in [0.3, 0.4) is 0 Å². The van der Waals surface area contributed by atoms with Crippen molar-refractivity contribution >= 4 is 20.6 Å². The maximum absolute atomic E-state index is 11.4. The van der Waals surface area contributed by atoms with Crippen molar-refractivity contribution in [2.24, 2.45) is 5.73 Å². The second-order valence-corrected chi connectivity index (χ2v) is 8.20. The first kappa shape index (κ1) is 14.1. The van der Waals surface area contributed by atoms with E-state index in [2.05, 4.69) is 0 Å². The second-order valence-electron chi connectivity index (χ2n) is 3.55. The molecule has 2 atom stereocenters.